The first-order valence-electron chi connectivity index (χ1n) is 13.4. The Morgan fingerprint density at radius 1 is 1.08 bits per heavy atom. The van der Waals surface area contributed by atoms with Gasteiger partial charge in [0.05, 0.1) is 27.2 Å². The maximum atomic E-state index is 14.3. The van der Waals surface area contributed by atoms with Gasteiger partial charge in [0, 0.05) is 43.7 Å². The lowest BCUT2D eigenvalue weighted by Gasteiger charge is -2.42. The fraction of sp³-hybridized carbons (Fsp3) is 0.640. The van der Waals surface area contributed by atoms with Crippen molar-refractivity contribution in [3.8, 4) is 5.75 Å². The maximum absolute atomic E-state index is 14.3. The molecule has 1 aliphatic carbocycles. The van der Waals surface area contributed by atoms with Gasteiger partial charge < -0.3 is 34.5 Å². The van der Waals surface area contributed by atoms with E-state index in [4.69, 9.17) is 24.0 Å². The zero-order valence-electron chi connectivity index (χ0n) is 22.8. The first-order chi connectivity index (χ1) is 18.5. The number of hydrogen-bond acceptors (Lipinski definition) is 9. The van der Waals surface area contributed by atoms with Crippen molar-refractivity contribution in [2.45, 2.75) is 63.5 Å². The highest BCUT2D eigenvalue weighted by Crippen LogP contribution is 2.37. The Morgan fingerprint density at radius 3 is 2.36 bits per heavy atom. The number of methoxy groups -OCH3 is 1. The van der Waals surface area contributed by atoms with Crippen molar-refractivity contribution in [1.29, 1.82) is 0 Å². The first kappa shape index (κ1) is 29.4. The zero-order chi connectivity index (χ0) is 28.0. The Kier molecular flexibility index (Phi) is 9.60. The molecular formula is C25H40FN7O5P+. The molecule has 2 aliphatic rings. The summed E-state index contributed by atoms with van der Waals surface area (Å²) < 4.78 is 35.7. The molecule has 1 aliphatic heterocycles. The van der Waals surface area contributed by atoms with E-state index >= 15 is 0 Å². The van der Waals surface area contributed by atoms with E-state index < -0.39 is 13.6 Å². The molecule has 2 fully saturated rings. The van der Waals surface area contributed by atoms with E-state index in [1.54, 1.807) is 12.1 Å². The number of likely N-dealkylation sites (tertiary alicyclic amines) is 1. The van der Waals surface area contributed by atoms with Gasteiger partial charge in [0.15, 0.2) is 18.3 Å². The fourth-order valence-electron chi connectivity index (χ4n) is 5.19. The number of hydrogen-bond donors (Lipinski definition) is 4. The van der Waals surface area contributed by atoms with E-state index in [-0.39, 0.29) is 24.6 Å². The van der Waals surface area contributed by atoms with Crippen molar-refractivity contribution in [2.75, 3.05) is 56.6 Å². The maximum Gasteiger partial charge on any atom is 0.474 e. The highest BCUT2D eigenvalue weighted by Gasteiger charge is 2.35. The number of nitrogens with zero attached hydrogens (tertiary/aromatic N) is 5. The number of rotatable bonds is 10. The van der Waals surface area contributed by atoms with Gasteiger partial charge >= 0.3 is 7.82 Å². The molecule has 1 aromatic heterocycles. The molecule has 0 radical (unpaired) electrons. The van der Waals surface area contributed by atoms with Crippen LogP contribution in [0.1, 0.15) is 51.4 Å². The molecule has 0 amide bonds. The molecule has 0 bridgehead atoms. The van der Waals surface area contributed by atoms with Crippen LogP contribution >= 0.6 is 7.82 Å². The monoisotopic (exact) mass is 568 g/mol. The summed E-state index contributed by atoms with van der Waals surface area (Å²) in [4.78, 5) is 34.2. The Hall–Kier alpha value is -2.57. The summed E-state index contributed by atoms with van der Waals surface area (Å²) in [6, 6.07) is 4.98. The average Bonchev–Trinajstić information content (AvgIpc) is 3.16. The summed E-state index contributed by atoms with van der Waals surface area (Å²) >= 11 is 0. The topological polar surface area (TPSA) is 142 Å². The standard InChI is InChI=1S/C25H39FN7O5P/c1-32(20-12-14-33(2,15-13-20)17-38-39(34,35)36)25-30-23(27-18-8-6-4-5-7-9-18)29-24(31-25)28-19-10-11-22(37-3)21(26)16-19/h10-11,16,18,20H,4-9,12-15,17H2,1-3H3,(H3-,27,28,29,30,31,34,35,36)/p+1. The Morgan fingerprint density at radius 2 is 1.74 bits per heavy atom. The molecule has 39 heavy (non-hydrogen) atoms. The second-order valence-corrected chi connectivity index (χ2v) is 12.0. The quantitative estimate of drug-likeness (QED) is 0.188. The highest BCUT2D eigenvalue weighted by molar-refractivity contribution is 7.46. The number of halogens is 1. The number of phosphoric acid groups is 1. The van der Waals surface area contributed by atoms with E-state index in [1.165, 1.54) is 26.0 Å². The van der Waals surface area contributed by atoms with Crippen molar-refractivity contribution in [3.63, 3.8) is 0 Å². The van der Waals surface area contributed by atoms with Crippen molar-refractivity contribution in [1.82, 2.24) is 15.0 Å². The van der Waals surface area contributed by atoms with Crippen LogP contribution in [0.25, 0.3) is 0 Å². The molecule has 216 valence electrons. The van der Waals surface area contributed by atoms with E-state index in [0.717, 1.165) is 38.5 Å². The molecule has 2 aromatic rings. The lowest BCUT2D eigenvalue weighted by atomic mass is 10.0. The Balaban J connectivity index is 1.52. The molecule has 1 saturated carbocycles. The van der Waals surface area contributed by atoms with Crippen LogP contribution in [-0.2, 0) is 9.09 Å². The zero-order valence-corrected chi connectivity index (χ0v) is 23.7. The van der Waals surface area contributed by atoms with E-state index in [2.05, 4.69) is 20.6 Å². The van der Waals surface area contributed by atoms with E-state index in [1.807, 2.05) is 19.0 Å². The van der Waals surface area contributed by atoms with Crippen LogP contribution in [0.3, 0.4) is 0 Å². The molecule has 1 saturated heterocycles. The van der Waals surface area contributed by atoms with Gasteiger partial charge in [-0.2, -0.15) is 15.0 Å². The summed E-state index contributed by atoms with van der Waals surface area (Å²) in [5.41, 5.74) is 0.490. The van der Waals surface area contributed by atoms with Gasteiger partial charge in [-0.05, 0) is 25.0 Å². The van der Waals surface area contributed by atoms with Crippen LogP contribution in [0.5, 0.6) is 5.75 Å². The van der Waals surface area contributed by atoms with Gasteiger partial charge in [-0.1, -0.05) is 25.7 Å². The lowest BCUT2D eigenvalue weighted by Crippen LogP contribution is -2.54. The van der Waals surface area contributed by atoms with E-state index in [9.17, 15) is 8.96 Å². The predicted molar refractivity (Wildman–Crippen MR) is 147 cm³/mol. The minimum atomic E-state index is -4.52. The van der Waals surface area contributed by atoms with Crippen molar-refractivity contribution in [3.05, 3.63) is 24.0 Å². The number of ether oxygens (including phenoxy) is 1. The number of phosphoric ester groups is 1. The SMILES string of the molecule is COc1ccc(Nc2nc(NC3CCCCCC3)nc(N(C)C3CC[N+](C)(COP(=O)(O)O)CC3)n2)cc1F. The van der Waals surface area contributed by atoms with Crippen LogP contribution in [0, 0.1) is 5.82 Å². The summed E-state index contributed by atoms with van der Waals surface area (Å²) in [5, 5.41) is 6.61. The summed E-state index contributed by atoms with van der Waals surface area (Å²) in [5.74, 6) is 0.934. The fourth-order valence-corrected chi connectivity index (χ4v) is 5.62. The molecule has 4 N–H and O–H groups in total. The van der Waals surface area contributed by atoms with Crippen LogP contribution in [0.15, 0.2) is 18.2 Å². The highest BCUT2D eigenvalue weighted by atomic mass is 31.2. The van der Waals surface area contributed by atoms with Gasteiger partial charge in [0.2, 0.25) is 17.8 Å². The summed E-state index contributed by atoms with van der Waals surface area (Å²) in [7, 11) is 0.767. The predicted octanol–water partition coefficient (Wildman–Crippen LogP) is 4.01. The van der Waals surface area contributed by atoms with Crippen LogP contribution < -0.4 is 20.3 Å². The lowest BCUT2D eigenvalue weighted by molar-refractivity contribution is -0.929. The van der Waals surface area contributed by atoms with Gasteiger partial charge in [-0.15, -0.1) is 0 Å². The van der Waals surface area contributed by atoms with Gasteiger partial charge in [0.1, 0.15) is 0 Å². The molecule has 14 heteroatoms. The number of quaternary nitrogens is 1. The molecule has 1 aromatic carbocycles. The second kappa shape index (κ2) is 12.7. The summed E-state index contributed by atoms with van der Waals surface area (Å²) in [6.07, 6.45) is 8.43. The molecule has 0 atom stereocenters. The molecule has 12 nitrogen and oxygen atoms in total. The Bertz CT molecular complexity index is 1150. The third kappa shape index (κ3) is 8.46. The van der Waals surface area contributed by atoms with Crippen molar-refractivity contribution >= 4 is 31.4 Å². The summed E-state index contributed by atoms with van der Waals surface area (Å²) in [6.45, 7) is 1.32. The first-order valence-corrected chi connectivity index (χ1v) is 15.0. The second-order valence-electron chi connectivity index (χ2n) is 10.7. The number of aromatic nitrogens is 3. The third-order valence-corrected chi connectivity index (χ3v) is 8.08. The molecule has 0 spiro atoms. The number of piperidine rings is 1. The Labute approximate surface area is 228 Å². The van der Waals surface area contributed by atoms with Crippen molar-refractivity contribution < 1.29 is 32.5 Å². The van der Waals surface area contributed by atoms with Crippen LogP contribution in [0.4, 0.5) is 27.9 Å². The van der Waals surface area contributed by atoms with E-state index in [0.29, 0.717) is 41.1 Å². The minimum absolute atomic E-state index is 0.0472. The number of nitrogens with one attached hydrogen (secondary N) is 2. The number of anilines is 4. The molecule has 2 heterocycles. The van der Waals surface area contributed by atoms with Crippen molar-refractivity contribution in [2.24, 2.45) is 0 Å². The van der Waals surface area contributed by atoms with Crippen LogP contribution in [-0.4, -0.2) is 82.3 Å². The van der Waals surface area contributed by atoms with Crippen LogP contribution in [0.2, 0.25) is 0 Å². The normalized spacial score (nSPS) is 22.7. The van der Waals surface area contributed by atoms with Gasteiger partial charge in [-0.25, -0.2) is 13.5 Å². The van der Waals surface area contributed by atoms with Gasteiger partial charge in [-0.3, -0.25) is 0 Å². The molecule has 0 unspecified atom stereocenters. The van der Waals surface area contributed by atoms with Gasteiger partial charge in [0.25, 0.3) is 0 Å². The largest absolute Gasteiger partial charge is 0.494 e. The smallest absolute Gasteiger partial charge is 0.474 e. The molecular weight excluding hydrogens is 528 g/mol. The third-order valence-electron chi connectivity index (χ3n) is 7.63. The molecule has 4 rings (SSSR count). The number of benzene rings is 1. The minimum Gasteiger partial charge on any atom is -0.494 e. The average molecular weight is 569 g/mol.